The van der Waals surface area contributed by atoms with E-state index < -0.39 is 10.2 Å². The third-order valence-corrected chi connectivity index (χ3v) is 9.13. The molecule has 4 heterocycles. The van der Waals surface area contributed by atoms with E-state index >= 15 is 0 Å². The molecule has 3 aliphatic heterocycles. The van der Waals surface area contributed by atoms with Gasteiger partial charge >= 0.3 is 0 Å². The molecule has 3 aliphatic rings. The average Bonchev–Trinajstić information content (AvgIpc) is 3.31. The lowest BCUT2D eigenvalue weighted by Gasteiger charge is -2.37. The van der Waals surface area contributed by atoms with Crippen LogP contribution in [0.5, 0.6) is 5.88 Å². The summed E-state index contributed by atoms with van der Waals surface area (Å²) in [5, 5.41) is 0. The van der Waals surface area contributed by atoms with Gasteiger partial charge in [-0.05, 0) is 50.9 Å². The lowest BCUT2D eigenvalue weighted by Crippen LogP contribution is -2.50. The molecule has 1 aromatic heterocycles. The van der Waals surface area contributed by atoms with Crippen molar-refractivity contribution in [3.63, 3.8) is 0 Å². The number of anilines is 1. The Kier molecular flexibility index (Phi) is 8.37. The van der Waals surface area contributed by atoms with Crippen LogP contribution >= 0.6 is 0 Å². The van der Waals surface area contributed by atoms with Gasteiger partial charge in [-0.25, -0.2) is 9.71 Å². The third kappa shape index (κ3) is 6.06. The minimum atomic E-state index is -3.48. The lowest BCUT2D eigenvalue weighted by molar-refractivity contribution is 0.100. The normalized spacial score (nSPS) is 20.6. The summed E-state index contributed by atoms with van der Waals surface area (Å²) < 4.78 is 34.5. The van der Waals surface area contributed by atoms with Gasteiger partial charge in [0.25, 0.3) is 16.1 Å². The second-order valence-electron chi connectivity index (χ2n) is 9.99. The van der Waals surface area contributed by atoms with Crippen molar-refractivity contribution in [2.75, 3.05) is 51.3 Å². The van der Waals surface area contributed by atoms with Crippen LogP contribution in [0, 0.1) is 0 Å². The Morgan fingerprint density at radius 2 is 1.84 bits per heavy atom. The number of nitrogens with zero attached hydrogens (tertiary/aromatic N) is 5. The number of carbonyl (C=O) groups excluding carboxylic acids is 1. The number of aromatic nitrogens is 1. The number of fused-ring (bicyclic) bond motifs is 1. The quantitative estimate of drug-likeness (QED) is 0.548. The van der Waals surface area contributed by atoms with Gasteiger partial charge in [0, 0.05) is 62.5 Å². The van der Waals surface area contributed by atoms with Crippen molar-refractivity contribution in [3.8, 4) is 5.88 Å². The van der Waals surface area contributed by atoms with Crippen molar-refractivity contribution >= 4 is 27.6 Å². The molecule has 0 saturated carbocycles. The smallest absolute Gasteiger partial charge is 0.279 e. The van der Waals surface area contributed by atoms with Crippen LogP contribution in [0.15, 0.2) is 47.6 Å². The molecule has 2 saturated heterocycles. The fourth-order valence-electron chi connectivity index (χ4n) is 5.48. The number of likely N-dealkylation sites (tertiary alicyclic amines) is 1. The monoisotopic (exact) mass is 540 g/mol. The van der Waals surface area contributed by atoms with E-state index in [0.717, 1.165) is 30.9 Å². The van der Waals surface area contributed by atoms with Crippen molar-refractivity contribution < 1.29 is 17.9 Å². The van der Waals surface area contributed by atoms with Gasteiger partial charge in [0.1, 0.15) is 12.4 Å². The maximum absolute atomic E-state index is 13.0. The highest BCUT2D eigenvalue weighted by atomic mass is 32.2. The number of amides is 1. The average molecular weight is 541 g/mol. The first-order chi connectivity index (χ1) is 18.4. The highest BCUT2D eigenvalue weighted by molar-refractivity contribution is 7.87. The minimum absolute atomic E-state index is 0.00507. The molecule has 0 atom stereocenters. The van der Waals surface area contributed by atoms with E-state index in [-0.39, 0.29) is 11.9 Å². The van der Waals surface area contributed by atoms with Gasteiger partial charge in [0.2, 0.25) is 5.88 Å². The Hall–Kier alpha value is -2.86. The van der Waals surface area contributed by atoms with Gasteiger partial charge in [0.05, 0.1) is 5.69 Å². The molecular weight excluding hydrogens is 504 g/mol. The lowest BCUT2D eigenvalue weighted by atomic mass is 10.0. The summed E-state index contributed by atoms with van der Waals surface area (Å²) >= 11 is 0. The summed E-state index contributed by atoms with van der Waals surface area (Å²) in [4.78, 5) is 26.6. The fourth-order valence-corrected chi connectivity index (χ4v) is 6.43. The Morgan fingerprint density at radius 1 is 1.11 bits per heavy atom. The summed E-state index contributed by atoms with van der Waals surface area (Å²) in [7, 11) is -2.05. The van der Waals surface area contributed by atoms with Crippen LogP contribution in [0.3, 0.4) is 0 Å². The molecule has 1 aromatic carbocycles. The molecule has 0 spiro atoms. The van der Waals surface area contributed by atoms with Crippen LogP contribution < -0.4 is 14.4 Å². The molecule has 1 amide bonds. The van der Waals surface area contributed by atoms with Gasteiger partial charge in [-0.15, -0.1) is 0 Å². The Balaban J connectivity index is 1.36. The van der Waals surface area contributed by atoms with E-state index in [0.29, 0.717) is 56.2 Å². The minimum Gasteiger partial charge on any atom is -0.476 e. The number of hydrogen-bond acceptors (Lipinski definition) is 6. The summed E-state index contributed by atoms with van der Waals surface area (Å²) in [6, 6.07) is 11.0. The molecule has 0 radical (unpaired) electrons. The molecule has 2 fully saturated rings. The molecule has 2 aromatic rings. The van der Waals surface area contributed by atoms with E-state index in [4.69, 9.17) is 4.74 Å². The zero-order valence-electron chi connectivity index (χ0n) is 21.9. The van der Waals surface area contributed by atoms with Crippen molar-refractivity contribution in [1.29, 1.82) is 0 Å². The number of pyridine rings is 1. The van der Waals surface area contributed by atoms with E-state index in [2.05, 4.69) is 24.5 Å². The van der Waals surface area contributed by atoms with Crippen LogP contribution in [-0.2, 0) is 16.6 Å². The molecule has 0 bridgehead atoms. The van der Waals surface area contributed by atoms with Gasteiger partial charge < -0.3 is 9.64 Å². The number of piperidine rings is 2. The number of amidine groups is 1. The van der Waals surface area contributed by atoms with Crippen molar-refractivity contribution in [3.05, 3.63) is 53.7 Å². The van der Waals surface area contributed by atoms with Crippen LogP contribution in [0.2, 0.25) is 0 Å². The Labute approximate surface area is 224 Å². The zero-order chi connectivity index (χ0) is 26.5. The summed E-state index contributed by atoms with van der Waals surface area (Å²) in [5.74, 6) is 0.923. The topological polar surface area (TPSA) is 107 Å². The van der Waals surface area contributed by atoms with Gasteiger partial charge in [-0.1, -0.05) is 24.6 Å². The molecular formula is C27H36N6O4S. The van der Waals surface area contributed by atoms with Crippen LogP contribution in [0.25, 0.3) is 0 Å². The molecule has 1 N–H and O–H groups in total. The molecule has 0 aliphatic carbocycles. The summed E-state index contributed by atoms with van der Waals surface area (Å²) in [6.45, 7) is 4.46. The summed E-state index contributed by atoms with van der Waals surface area (Å²) in [6.07, 6.45) is 7.32. The number of nitrogens with one attached hydrogen (secondary N) is 1. The highest BCUT2D eigenvalue weighted by Gasteiger charge is 2.37. The number of benzene rings is 1. The third-order valence-electron chi connectivity index (χ3n) is 7.57. The molecule has 11 heteroatoms. The van der Waals surface area contributed by atoms with Crippen LogP contribution in [0.4, 0.5) is 5.69 Å². The van der Waals surface area contributed by atoms with Gasteiger partial charge in [-0.3, -0.25) is 9.69 Å². The molecule has 204 valence electrons. The maximum atomic E-state index is 13.0. The predicted molar refractivity (Wildman–Crippen MR) is 147 cm³/mol. The second kappa shape index (κ2) is 11.9. The highest BCUT2D eigenvalue weighted by Crippen LogP contribution is 2.36. The molecule has 5 rings (SSSR count). The van der Waals surface area contributed by atoms with Crippen molar-refractivity contribution in [2.45, 2.75) is 44.6 Å². The van der Waals surface area contributed by atoms with E-state index in [1.807, 2.05) is 30.5 Å². The van der Waals surface area contributed by atoms with Crippen molar-refractivity contribution in [1.82, 2.24) is 18.9 Å². The molecule has 0 unspecified atom stereocenters. The standard InChI is InChI=1S/C27H36N6O4S/c1-28-38(35,36)32-14-10-23(11-15-32)33-24-19-26(37-17-16-31-12-6-3-7-13-31)29-20-22(24)18-25(33)30-27(34)21-8-4-2-5-9-21/h2,4-5,8-9,19-20,23,28H,3,6-7,10-18H2,1H3. The first kappa shape index (κ1) is 26.7. The summed E-state index contributed by atoms with van der Waals surface area (Å²) in [5.41, 5.74) is 2.45. The number of hydrogen-bond donors (Lipinski definition) is 1. The SMILES string of the molecule is CNS(=O)(=O)N1CCC(N2C(=NC(=O)c3ccccc3)Cc3cnc(OCCN4CCCCC4)cc32)CC1. The van der Waals surface area contributed by atoms with E-state index in [1.165, 1.54) is 30.6 Å². The number of carbonyl (C=O) groups is 1. The number of aliphatic imine (C=N–C) groups is 1. The molecule has 38 heavy (non-hydrogen) atoms. The largest absolute Gasteiger partial charge is 0.476 e. The Morgan fingerprint density at radius 3 is 2.55 bits per heavy atom. The zero-order valence-corrected chi connectivity index (χ0v) is 22.7. The molecule has 10 nitrogen and oxygen atoms in total. The van der Waals surface area contributed by atoms with E-state index in [9.17, 15) is 13.2 Å². The van der Waals surface area contributed by atoms with Crippen LogP contribution in [-0.4, -0.2) is 86.8 Å². The van der Waals surface area contributed by atoms with Crippen LogP contribution in [0.1, 0.15) is 48.0 Å². The van der Waals surface area contributed by atoms with Crippen molar-refractivity contribution in [2.24, 2.45) is 4.99 Å². The first-order valence-corrected chi connectivity index (χ1v) is 14.9. The Bertz CT molecular complexity index is 1260. The fraction of sp³-hybridized carbons (Fsp3) is 0.519. The van der Waals surface area contributed by atoms with E-state index in [1.54, 1.807) is 12.1 Å². The first-order valence-electron chi connectivity index (χ1n) is 13.4. The number of rotatable bonds is 8. The predicted octanol–water partition coefficient (Wildman–Crippen LogP) is 2.48. The van der Waals surface area contributed by atoms with Gasteiger partial charge in [0.15, 0.2) is 0 Å². The second-order valence-corrected chi connectivity index (χ2v) is 11.9. The maximum Gasteiger partial charge on any atom is 0.279 e. The number of ether oxygens (including phenoxy) is 1. The van der Waals surface area contributed by atoms with Gasteiger partial charge in [-0.2, -0.15) is 17.7 Å².